The maximum atomic E-state index is 12.6. The molecular formula is C18H19NO2. The van der Waals surface area contributed by atoms with Crippen molar-refractivity contribution in [1.82, 2.24) is 4.90 Å². The van der Waals surface area contributed by atoms with Crippen molar-refractivity contribution in [3.05, 3.63) is 71.8 Å². The third kappa shape index (κ3) is 2.69. The molecule has 0 radical (unpaired) electrons. The zero-order valence-electron chi connectivity index (χ0n) is 12.3. The number of hydrogen-bond donors (Lipinski definition) is 0. The van der Waals surface area contributed by atoms with Gasteiger partial charge in [-0.05, 0) is 19.4 Å². The second-order valence-corrected chi connectivity index (χ2v) is 5.81. The van der Waals surface area contributed by atoms with Gasteiger partial charge >= 0.3 is 0 Å². The maximum absolute atomic E-state index is 12.6. The normalized spacial score (nSPS) is 20.8. The minimum absolute atomic E-state index is 0.0280. The van der Waals surface area contributed by atoms with Gasteiger partial charge in [-0.1, -0.05) is 60.7 Å². The Morgan fingerprint density at radius 2 is 1.57 bits per heavy atom. The van der Waals surface area contributed by atoms with Crippen LogP contribution in [0, 0.1) is 0 Å². The average Bonchev–Trinajstić information content (AvgIpc) is 2.73. The van der Waals surface area contributed by atoms with E-state index in [1.807, 2.05) is 79.4 Å². The number of carbonyl (C=O) groups excluding carboxylic acids is 1. The monoisotopic (exact) mass is 281 g/mol. The highest BCUT2D eigenvalue weighted by molar-refractivity contribution is 5.86. The second-order valence-electron chi connectivity index (χ2n) is 5.81. The Hall–Kier alpha value is -2.13. The first-order valence-electron chi connectivity index (χ1n) is 7.16. The van der Waals surface area contributed by atoms with Crippen LogP contribution in [0.2, 0.25) is 0 Å². The van der Waals surface area contributed by atoms with Crippen LogP contribution >= 0.6 is 0 Å². The van der Waals surface area contributed by atoms with Crippen LogP contribution in [0.4, 0.5) is 0 Å². The predicted molar refractivity (Wildman–Crippen MR) is 81.3 cm³/mol. The molecule has 2 aromatic rings. The summed E-state index contributed by atoms with van der Waals surface area (Å²) in [6.45, 7) is 4.22. The van der Waals surface area contributed by atoms with Crippen molar-refractivity contribution < 1.29 is 9.53 Å². The van der Waals surface area contributed by atoms with Gasteiger partial charge in [-0.15, -0.1) is 0 Å². The van der Waals surface area contributed by atoms with Gasteiger partial charge in [0.25, 0.3) is 5.91 Å². The Bertz CT molecular complexity index is 622. The van der Waals surface area contributed by atoms with Gasteiger partial charge in [0, 0.05) is 12.1 Å². The summed E-state index contributed by atoms with van der Waals surface area (Å²) in [5.41, 5.74) is 1.33. The molecule has 3 heteroatoms. The van der Waals surface area contributed by atoms with Gasteiger partial charge in [0.05, 0.1) is 0 Å². The van der Waals surface area contributed by atoms with E-state index < -0.39 is 5.60 Å². The smallest absolute Gasteiger partial charge is 0.256 e. The minimum atomic E-state index is -0.782. The second kappa shape index (κ2) is 5.34. The Morgan fingerprint density at radius 1 is 1.00 bits per heavy atom. The van der Waals surface area contributed by atoms with E-state index in [2.05, 4.69) is 0 Å². The Balaban J connectivity index is 1.92. The molecule has 2 aromatic carbocycles. The zero-order chi connectivity index (χ0) is 14.9. The Labute approximate surface area is 125 Å². The molecule has 1 heterocycles. The molecule has 0 spiro atoms. The molecule has 1 saturated heterocycles. The lowest BCUT2D eigenvalue weighted by Crippen LogP contribution is -2.35. The quantitative estimate of drug-likeness (QED) is 0.861. The van der Waals surface area contributed by atoms with Crippen molar-refractivity contribution >= 4 is 5.91 Å². The summed E-state index contributed by atoms with van der Waals surface area (Å²) in [4.78, 5) is 14.4. The standard InChI is InChI=1S/C18H19NO2/c1-18(2)17(20)19(13-14-9-5-3-6-10-14)16(21-18)15-11-7-4-8-12-15/h3-12,16H,13H2,1-2H3. The van der Waals surface area contributed by atoms with Gasteiger partial charge in [-0.25, -0.2) is 0 Å². The third-order valence-electron chi connectivity index (χ3n) is 3.75. The topological polar surface area (TPSA) is 29.5 Å². The highest BCUT2D eigenvalue weighted by atomic mass is 16.5. The summed E-state index contributed by atoms with van der Waals surface area (Å²) in [5, 5.41) is 0. The number of hydrogen-bond acceptors (Lipinski definition) is 2. The van der Waals surface area contributed by atoms with Gasteiger partial charge < -0.3 is 9.64 Å². The van der Waals surface area contributed by atoms with Crippen LogP contribution in [-0.2, 0) is 16.1 Å². The van der Waals surface area contributed by atoms with Crippen molar-refractivity contribution in [3.63, 3.8) is 0 Å². The van der Waals surface area contributed by atoms with Crippen LogP contribution < -0.4 is 0 Å². The molecule has 0 N–H and O–H groups in total. The fraction of sp³-hybridized carbons (Fsp3) is 0.278. The molecule has 0 aliphatic carbocycles. The minimum Gasteiger partial charge on any atom is -0.338 e. The van der Waals surface area contributed by atoms with Crippen LogP contribution in [0.15, 0.2) is 60.7 Å². The van der Waals surface area contributed by atoms with Gasteiger partial charge in [-0.3, -0.25) is 4.79 Å². The molecule has 1 atom stereocenters. The summed E-state index contributed by atoms with van der Waals surface area (Å²) >= 11 is 0. The van der Waals surface area contributed by atoms with Crippen LogP contribution in [0.1, 0.15) is 31.2 Å². The van der Waals surface area contributed by atoms with E-state index in [-0.39, 0.29) is 12.1 Å². The lowest BCUT2D eigenvalue weighted by molar-refractivity contribution is -0.134. The van der Waals surface area contributed by atoms with E-state index in [4.69, 9.17) is 4.74 Å². The first-order valence-corrected chi connectivity index (χ1v) is 7.16. The van der Waals surface area contributed by atoms with E-state index >= 15 is 0 Å². The fourth-order valence-electron chi connectivity index (χ4n) is 2.65. The van der Waals surface area contributed by atoms with Gasteiger partial charge in [0.2, 0.25) is 0 Å². The van der Waals surface area contributed by atoms with E-state index in [9.17, 15) is 4.79 Å². The molecule has 0 bridgehead atoms. The highest BCUT2D eigenvalue weighted by Crippen LogP contribution is 2.37. The first-order chi connectivity index (χ1) is 10.1. The number of rotatable bonds is 3. The van der Waals surface area contributed by atoms with E-state index in [1.54, 1.807) is 0 Å². The van der Waals surface area contributed by atoms with Gasteiger partial charge in [0.1, 0.15) is 5.60 Å². The summed E-state index contributed by atoms with van der Waals surface area (Å²) < 4.78 is 6.01. The number of amides is 1. The molecule has 3 nitrogen and oxygen atoms in total. The molecule has 1 fully saturated rings. The van der Waals surface area contributed by atoms with Crippen molar-refractivity contribution in [2.45, 2.75) is 32.2 Å². The van der Waals surface area contributed by atoms with Crippen LogP contribution in [0.25, 0.3) is 0 Å². The number of carbonyl (C=O) groups is 1. The zero-order valence-corrected chi connectivity index (χ0v) is 12.3. The molecule has 108 valence electrons. The molecule has 1 unspecified atom stereocenters. The molecule has 0 saturated carbocycles. The highest BCUT2D eigenvalue weighted by Gasteiger charge is 2.46. The summed E-state index contributed by atoms with van der Waals surface area (Å²) in [7, 11) is 0. The van der Waals surface area contributed by atoms with Crippen molar-refractivity contribution in [2.75, 3.05) is 0 Å². The molecule has 1 amide bonds. The summed E-state index contributed by atoms with van der Waals surface area (Å²) in [6.07, 6.45) is -0.325. The summed E-state index contributed by atoms with van der Waals surface area (Å²) in [6, 6.07) is 19.9. The Kier molecular flexibility index (Phi) is 3.52. The first kappa shape index (κ1) is 13.8. The third-order valence-corrected chi connectivity index (χ3v) is 3.75. The van der Waals surface area contributed by atoms with Gasteiger partial charge in [-0.2, -0.15) is 0 Å². The molecule has 1 aliphatic rings. The van der Waals surface area contributed by atoms with E-state index in [1.165, 1.54) is 0 Å². The van der Waals surface area contributed by atoms with Crippen molar-refractivity contribution in [2.24, 2.45) is 0 Å². The van der Waals surface area contributed by atoms with Crippen molar-refractivity contribution in [1.29, 1.82) is 0 Å². The van der Waals surface area contributed by atoms with Gasteiger partial charge in [0.15, 0.2) is 6.23 Å². The lowest BCUT2D eigenvalue weighted by Gasteiger charge is -2.23. The lowest BCUT2D eigenvalue weighted by atomic mass is 10.1. The molecular weight excluding hydrogens is 262 g/mol. The molecule has 0 aromatic heterocycles. The van der Waals surface area contributed by atoms with E-state index in [0.717, 1.165) is 11.1 Å². The largest absolute Gasteiger partial charge is 0.338 e. The number of nitrogens with zero attached hydrogens (tertiary/aromatic N) is 1. The summed E-state index contributed by atoms with van der Waals surface area (Å²) in [5.74, 6) is 0.0280. The average molecular weight is 281 g/mol. The molecule has 1 aliphatic heterocycles. The van der Waals surface area contributed by atoms with E-state index in [0.29, 0.717) is 6.54 Å². The van der Waals surface area contributed by atoms with Crippen LogP contribution in [-0.4, -0.2) is 16.4 Å². The maximum Gasteiger partial charge on any atom is 0.256 e. The Morgan fingerprint density at radius 3 is 2.19 bits per heavy atom. The predicted octanol–water partition coefficient (Wildman–Crippen LogP) is 3.52. The fourth-order valence-corrected chi connectivity index (χ4v) is 2.65. The van der Waals surface area contributed by atoms with Crippen LogP contribution in [0.5, 0.6) is 0 Å². The van der Waals surface area contributed by atoms with Crippen LogP contribution in [0.3, 0.4) is 0 Å². The molecule has 3 rings (SSSR count). The number of ether oxygens (including phenoxy) is 1. The number of benzene rings is 2. The molecule has 21 heavy (non-hydrogen) atoms. The SMILES string of the molecule is CC1(C)OC(c2ccccc2)N(Cc2ccccc2)C1=O. The van der Waals surface area contributed by atoms with Crippen molar-refractivity contribution in [3.8, 4) is 0 Å².